The molecular weight excluding hydrogens is 588 g/mol. The van der Waals surface area contributed by atoms with Crippen molar-refractivity contribution in [3.8, 4) is 11.5 Å². The van der Waals surface area contributed by atoms with Crippen molar-refractivity contribution >= 4 is 40.0 Å². The van der Waals surface area contributed by atoms with E-state index in [2.05, 4.69) is 27.9 Å². The summed E-state index contributed by atoms with van der Waals surface area (Å²) in [5, 5.41) is 3.28. The quantitative estimate of drug-likeness (QED) is 0.283. The highest BCUT2D eigenvalue weighted by atomic mass is 127. The number of benzene rings is 3. The van der Waals surface area contributed by atoms with Crippen molar-refractivity contribution in [1.29, 1.82) is 0 Å². The number of hydrogen-bond donors (Lipinski definition) is 1. The zero-order chi connectivity index (χ0) is 26.3. The van der Waals surface area contributed by atoms with E-state index in [4.69, 9.17) is 14.2 Å². The normalized spacial score (nSPS) is 16.2. The Bertz CT molecular complexity index is 1510. The summed E-state index contributed by atoms with van der Waals surface area (Å²) >= 11 is 2.14. The lowest BCUT2D eigenvalue weighted by molar-refractivity contribution is -0.136. The van der Waals surface area contributed by atoms with Crippen LogP contribution in [0, 0.1) is 9.39 Å². The number of esters is 1. The van der Waals surface area contributed by atoms with Crippen LogP contribution in [0.25, 0.3) is 5.70 Å². The summed E-state index contributed by atoms with van der Waals surface area (Å²) in [5.41, 5.74) is 4.89. The van der Waals surface area contributed by atoms with Crippen molar-refractivity contribution in [1.82, 2.24) is 5.32 Å². The minimum atomic E-state index is -0.678. The summed E-state index contributed by atoms with van der Waals surface area (Å²) in [7, 11) is 2.85. The van der Waals surface area contributed by atoms with Gasteiger partial charge in [0, 0.05) is 28.3 Å². The molecule has 1 N–H and O–H groups in total. The molecule has 0 aromatic heterocycles. The number of allylic oxidation sites excluding steroid dienone is 2. The first-order valence-corrected chi connectivity index (χ1v) is 12.6. The molecule has 0 saturated heterocycles. The number of ether oxygens (including phenoxy) is 3. The van der Waals surface area contributed by atoms with Crippen LogP contribution in [-0.2, 0) is 16.1 Å². The van der Waals surface area contributed by atoms with Crippen LogP contribution in [0.4, 0.5) is 4.39 Å². The molecule has 1 atom stereocenters. The minimum absolute atomic E-state index is 0.141. The second-order valence-electron chi connectivity index (χ2n) is 8.70. The number of carbonyl (C=O) groups excluding carboxylic acids is 2. The molecule has 37 heavy (non-hydrogen) atoms. The molecule has 0 saturated carbocycles. The molecule has 5 rings (SSSR count). The average Bonchev–Trinajstić information content (AvgIpc) is 3.17. The molecule has 1 heterocycles. The Kier molecular flexibility index (Phi) is 6.76. The summed E-state index contributed by atoms with van der Waals surface area (Å²) in [6, 6.07) is 17.2. The van der Waals surface area contributed by atoms with E-state index >= 15 is 0 Å². The Morgan fingerprint density at radius 2 is 1.81 bits per heavy atom. The molecule has 0 bridgehead atoms. The van der Waals surface area contributed by atoms with Crippen LogP contribution in [0.5, 0.6) is 11.5 Å². The summed E-state index contributed by atoms with van der Waals surface area (Å²) in [6.07, 6.45) is 0. The molecule has 0 amide bonds. The number of ketones is 1. The largest absolute Gasteiger partial charge is 0.493 e. The first kappa shape index (κ1) is 25.0. The van der Waals surface area contributed by atoms with E-state index in [1.165, 1.54) is 26.4 Å². The molecule has 0 radical (unpaired) electrons. The summed E-state index contributed by atoms with van der Waals surface area (Å²) in [4.78, 5) is 26.6. The molecule has 3 aromatic rings. The van der Waals surface area contributed by atoms with E-state index in [9.17, 15) is 14.0 Å². The highest BCUT2D eigenvalue weighted by Crippen LogP contribution is 2.48. The van der Waals surface area contributed by atoms with Gasteiger partial charge in [0.15, 0.2) is 17.3 Å². The zero-order valence-electron chi connectivity index (χ0n) is 20.4. The average molecular weight is 611 g/mol. The fourth-order valence-corrected chi connectivity index (χ4v) is 5.65. The van der Waals surface area contributed by atoms with Gasteiger partial charge in [0.25, 0.3) is 0 Å². The number of hydrogen-bond acceptors (Lipinski definition) is 6. The highest BCUT2D eigenvalue weighted by molar-refractivity contribution is 14.1. The molecule has 188 valence electrons. The maximum Gasteiger partial charge on any atom is 0.336 e. The van der Waals surface area contributed by atoms with Gasteiger partial charge in [-0.15, -0.1) is 0 Å². The second-order valence-corrected chi connectivity index (χ2v) is 9.87. The maximum atomic E-state index is 13.6. The van der Waals surface area contributed by atoms with Crippen LogP contribution in [0.1, 0.15) is 39.9 Å². The van der Waals surface area contributed by atoms with Gasteiger partial charge in [-0.05, 0) is 64.9 Å². The number of rotatable bonds is 6. The van der Waals surface area contributed by atoms with Crippen LogP contribution >= 0.6 is 22.6 Å². The summed E-state index contributed by atoms with van der Waals surface area (Å²) < 4.78 is 31.1. The summed E-state index contributed by atoms with van der Waals surface area (Å²) in [6.45, 7) is 1.94. The first-order valence-electron chi connectivity index (χ1n) is 11.5. The van der Waals surface area contributed by atoms with E-state index in [0.29, 0.717) is 54.3 Å². The Morgan fingerprint density at radius 3 is 2.51 bits per heavy atom. The number of methoxy groups -OCH3 is 2. The molecule has 0 fully saturated rings. The van der Waals surface area contributed by atoms with Gasteiger partial charge >= 0.3 is 5.97 Å². The third-order valence-corrected chi connectivity index (χ3v) is 7.31. The maximum absolute atomic E-state index is 13.6. The third-order valence-electron chi connectivity index (χ3n) is 6.51. The van der Waals surface area contributed by atoms with E-state index in [0.717, 1.165) is 5.56 Å². The minimum Gasteiger partial charge on any atom is -0.493 e. The van der Waals surface area contributed by atoms with Gasteiger partial charge in [-0.1, -0.05) is 36.4 Å². The van der Waals surface area contributed by atoms with Crippen molar-refractivity contribution in [2.45, 2.75) is 19.4 Å². The third kappa shape index (κ3) is 4.39. The van der Waals surface area contributed by atoms with Crippen molar-refractivity contribution < 1.29 is 28.2 Å². The number of carbonyl (C=O) groups is 2. The smallest absolute Gasteiger partial charge is 0.336 e. The fourth-order valence-electron chi connectivity index (χ4n) is 4.87. The summed E-state index contributed by atoms with van der Waals surface area (Å²) in [5.74, 6) is -0.761. The fraction of sp³-hybridized carbons (Fsp3) is 0.172. The number of dihydropyridines is 1. The Hall–Kier alpha value is -3.66. The first-order chi connectivity index (χ1) is 17.8. The highest BCUT2D eigenvalue weighted by Gasteiger charge is 2.43. The van der Waals surface area contributed by atoms with E-state index < -0.39 is 11.9 Å². The monoisotopic (exact) mass is 611 g/mol. The van der Waals surface area contributed by atoms with E-state index in [-0.39, 0.29) is 18.2 Å². The lowest BCUT2D eigenvalue weighted by Crippen LogP contribution is -2.29. The molecule has 3 aromatic carbocycles. The Balaban J connectivity index is 1.60. The van der Waals surface area contributed by atoms with Gasteiger partial charge in [0.05, 0.1) is 29.1 Å². The van der Waals surface area contributed by atoms with Gasteiger partial charge in [0.1, 0.15) is 12.4 Å². The van der Waals surface area contributed by atoms with Gasteiger partial charge in [-0.25, -0.2) is 9.18 Å². The van der Waals surface area contributed by atoms with Crippen molar-refractivity contribution in [2.75, 3.05) is 14.2 Å². The van der Waals surface area contributed by atoms with Gasteiger partial charge in [0.2, 0.25) is 0 Å². The molecule has 1 aliphatic carbocycles. The molecule has 0 spiro atoms. The lowest BCUT2D eigenvalue weighted by Gasteiger charge is -2.29. The molecule has 1 aliphatic heterocycles. The Labute approximate surface area is 227 Å². The van der Waals surface area contributed by atoms with Gasteiger partial charge in [-0.3, -0.25) is 4.79 Å². The molecule has 6 nitrogen and oxygen atoms in total. The SMILES string of the molecule is COC(=O)C1=C(C)NC2=C(C(=O)c3ccccc32)[C@@H]1c1cc(I)c(OCc2cccc(F)c2)c(OC)c1. The number of halogens is 2. The van der Waals surface area contributed by atoms with Gasteiger partial charge in [-0.2, -0.15) is 0 Å². The number of nitrogens with one attached hydrogen (secondary N) is 1. The topological polar surface area (TPSA) is 73.9 Å². The number of Topliss-reactive ketones (excluding diaryl/α,β-unsaturated/α-hetero) is 1. The molecular formula is C29H23FINO5. The molecule has 2 aliphatic rings. The second kappa shape index (κ2) is 10.0. The standard InChI is InChI=1S/C29H23FINO5/c1-15-23(29(34)36-3)24(25-26(32-15)19-9-4-5-10-20(19)27(25)33)17-12-21(31)28(22(13-17)35-2)37-14-16-7-6-8-18(30)11-16/h4-13,24,32H,14H2,1-3H3/t24-/m1/s1. The van der Waals surface area contributed by atoms with Crippen molar-refractivity contribution in [2.24, 2.45) is 0 Å². The van der Waals surface area contributed by atoms with E-state index in [1.54, 1.807) is 31.2 Å². The van der Waals surface area contributed by atoms with Crippen molar-refractivity contribution in [3.63, 3.8) is 0 Å². The predicted molar refractivity (Wildman–Crippen MR) is 145 cm³/mol. The van der Waals surface area contributed by atoms with E-state index in [1.807, 2.05) is 24.3 Å². The van der Waals surface area contributed by atoms with Crippen molar-refractivity contribution in [3.05, 3.63) is 109 Å². The molecule has 8 heteroatoms. The van der Waals surface area contributed by atoms with Gasteiger partial charge < -0.3 is 19.5 Å². The zero-order valence-corrected chi connectivity index (χ0v) is 22.5. The molecule has 0 unspecified atom stereocenters. The van der Waals surface area contributed by atoms with Crippen LogP contribution in [0.15, 0.2) is 77.5 Å². The van der Waals surface area contributed by atoms with Crippen LogP contribution in [0.2, 0.25) is 0 Å². The number of fused-ring (bicyclic) bond motifs is 2. The van der Waals surface area contributed by atoms with Crippen LogP contribution < -0.4 is 14.8 Å². The van der Waals surface area contributed by atoms with Crippen LogP contribution in [0.3, 0.4) is 0 Å². The Morgan fingerprint density at radius 1 is 1.05 bits per heavy atom. The van der Waals surface area contributed by atoms with Crippen LogP contribution in [-0.4, -0.2) is 26.0 Å². The predicted octanol–water partition coefficient (Wildman–Crippen LogP) is 5.76. The lowest BCUT2D eigenvalue weighted by atomic mass is 9.79.